The van der Waals surface area contributed by atoms with Crippen LogP contribution in [0.2, 0.25) is 0 Å². The number of thiazole rings is 1. The van der Waals surface area contributed by atoms with E-state index in [4.69, 9.17) is 4.98 Å². The molecule has 3 heterocycles. The van der Waals surface area contributed by atoms with E-state index in [1.54, 1.807) is 34.4 Å². The van der Waals surface area contributed by atoms with E-state index < -0.39 is 0 Å². The molecule has 0 spiro atoms. The van der Waals surface area contributed by atoms with Crippen molar-refractivity contribution in [2.75, 3.05) is 0 Å². The van der Waals surface area contributed by atoms with E-state index in [0.29, 0.717) is 0 Å². The van der Waals surface area contributed by atoms with Crippen LogP contribution in [0.25, 0.3) is 22.0 Å². The summed E-state index contributed by atoms with van der Waals surface area (Å²) < 4.78 is 2.23. The number of hydrogen-bond acceptors (Lipinski definition) is 6. The van der Waals surface area contributed by atoms with Crippen molar-refractivity contribution in [3.63, 3.8) is 0 Å². The molecular formula is C20H20N4S3. The lowest BCUT2D eigenvalue weighted by Gasteiger charge is -2.07. The van der Waals surface area contributed by atoms with Gasteiger partial charge in [-0.15, -0.1) is 32.9 Å². The third-order valence-electron chi connectivity index (χ3n) is 4.07. The maximum absolute atomic E-state index is 4.78. The van der Waals surface area contributed by atoms with Gasteiger partial charge in [-0.1, -0.05) is 49.0 Å². The first-order valence-corrected chi connectivity index (χ1v) is 11.6. The van der Waals surface area contributed by atoms with E-state index in [1.165, 1.54) is 10.4 Å². The normalized spacial score (nSPS) is 11.2. The number of aryl methyl sites for hydroxylation is 1. The Labute approximate surface area is 171 Å². The zero-order chi connectivity index (χ0) is 18.6. The molecule has 0 unspecified atom stereocenters. The molecule has 0 amide bonds. The van der Waals surface area contributed by atoms with Crippen LogP contribution in [0.4, 0.5) is 0 Å². The average Bonchev–Trinajstić information content (AvgIpc) is 3.41. The lowest BCUT2D eigenvalue weighted by Crippen LogP contribution is -2.01. The summed E-state index contributed by atoms with van der Waals surface area (Å²) in [5.41, 5.74) is 3.41. The maximum Gasteiger partial charge on any atom is 0.191 e. The van der Waals surface area contributed by atoms with Crippen molar-refractivity contribution >= 4 is 34.4 Å². The number of rotatable bonds is 7. The highest BCUT2D eigenvalue weighted by molar-refractivity contribution is 7.98. The third kappa shape index (κ3) is 4.15. The van der Waals surface area contributed by atoms with Crippen molar-refractivity contribution in [2.24, 2.45) is 0 Å². The summed E-state index contributed by atoms with van der Waals surface area (Å²) >= 11 is 5.15. The Kier molecular flexibility index (Phi) is 5.71. The van der Waals surface area contributed by atoms with E-state index in [0.717, 1.165) is 46.0 Å². The van der Waals surface area contributed by atoms with Gasteiger partial charge in [-0.25, -0.2) is 4.98 Å². The lowest BCUT2D eigenvalue weighted by molar-refractivity contribution is 0.626. The Morgan fingerprint density at radius 1 is 1.04 bits per heavy atom. The second-order valence-corrected chi connectivity index (χ2v) is 9.12. The molecule has 0 saturated carbocycles. The predicted octanol–water partition coefficient (Wildman–Crippen LogP) is 6.14. The summed E-state index contributed by atoms with van der Waals surface area (Å²) in [6, 6.07) is 12.5. The van der Waals surface area contributed by atoms with Crippen LogP contribution in [-0.2, 0) is 12.3 Å². The van der Waals surface area contributed by atoms with Gasteiger partial charge in [0, 0.05) is 39.1 Å². The first kappa shape index (κ1) is 18.4. The average molecular weight is 413 g/mol. The van der Waals surface area contributed by atoms with Crippen LogP contribution >= 0.6 is 34.4 Å². The van der Waals surface area contributed by atoms with Gasteiger partial charge in [0.05, 0.1) is 5.69 Å². The van der Waals surface area contributed by atoms with Crippen molar-refractivity contribution in [2.45, 2.75) is 37.7 Å². The fourth-order valence-electron chi connectivity index (χ4n) is 2.82. The van der Waals surface area contributed by atoms with Gasteiger partial charge in [-0.3, -0.25) is 0 Å². The van der Waals surface area contributed by atoms with Crippen LogP contribution in [0.1, 0.15) is 23.9 Å². The van der Waals surface area contributed by atoms with Gasteiger partial charge < -0.3 is 4.57 Å². The Bertz CT molecular complexity index is 1020. The summed E-state index contributed by atoms with van der Waals surface area (Å²) in [6.07, 6.45) is 1.05. The molecule has 0 saturated heterocycles. The fourth-order valence-corrected chi connectivity index (χ4v) is 5.29. The molecule has 27 heavy (non-hydrogen) atoms. The first-order valence-electron chi connectivity index (χ1n) is 8.86. The Morgan fingerprint density at radius 2 is 1.89 bits per heavy atom. The molecule has 4 aromatic rings. The minimum atomic E-state index is 0.799. The minimum Gasteiger partial charge on any atom is -0.302 e. The highest BCUT2D eigenvalue weighted by atomic mass is 32.2. The van der Waals surface area contributed by atoms with Gasteiger partial charge in [0.2, 0.25) is 0 Å². The van der Waals surface area contributed by atoms with Crippen LogP contribution in [0.3, 0.4) is 0 Å². The third-order valence-corrected chi connectivity index (χ3v) is 6.88. The molecule has 0 aliphatic rings. The molecule has 0 radical (unpaired) electrons. The maximum atomic E-state index is 4.78. The number of aromatic nitrogens is 4. The van der Waals surface area contributed by atoms with Gasteiger partial charge in [-0.2, -0.15) is 0 Å². The van der Waals surface area contributed by atoms with Crippen molar-refractivity contribution in [3.05, 3.63) is 57.7 Å². The predicted molar refractivity (Wildman–Crippen MR) is 115 cm³/mol. The van der Waals surface area contributed by atoms with Gasteiger partial charge in [0.1, 0.15) is 5.01 Å². The second-order valence-electron chi connectivity index (χ2n) is 6.20. The van der Waals surface area contributed by atoms with Crippen LogP contribution in [0.15, 0.2) is 52.3 Å². The van der Waals surface area contributed by atoms with Crippen LogP contribution < -0.4 is 0 Å². The second kappa shape index (κ2) is 8.37. The smallest absolute Gasteiger partial charge is 0.191 e. The fraction of sp³-hybridized carbons (Fsp3) is 0.250. The first-order chi connectivity index (χ1) is 13.2. The zero-order valence-electron chi connectivity index (χ0n) is 15.3. The molecule has 0 aliphatic heterocycles. The quantitative estimate of drug-likeness (QED) is 0.342. The topological polar surface area (TPSA) is 43.6 Å². The summed E-state index contributed by atoms with van der Waals surface area (Å²) in [5.74, 6) is 1.76. The highest BCUT2D eigenvalue weighted by Crippen LogP contribution is 2.30. The number of hydrogen-bond donors (Lipinski definition) is 0. The molecule has 3 aromatic heterocycles. The molecule has 4 nitrogen and oxygen atoms in total. The highest BCUT2D eigenvalue weighted by Gasteiger charge is 2.15. The van der Waals surface area contributed by atoms with Crippen molar-refractivity contribution in [1.82, 2.24) is 19.7 Å². The Balaban J connectivity index is 1.52. The van der Waals surface area contributed by atoms with Gasteiger partial charge in [-0.05, 0) is 19.4 Å². The van der Waals surface area contributed by atoms with E-state index in [-0.39, 0.29) is 0 Å². The molecule has 0 aliphatic carbocycles. The molecule has 7 heteroatoms. The van der Waals surface area contributed by atoms with Crippen molar-refractivity contribution in [3.8, 4) is 22.0 Å². The van der Waals surface area contributed by atoms with E-state index in [2.05, 4.69) is 57.6 Å². The number of nitrogens with zero attached hydrogens (tertiary/aromatic N) is 4. The monoisotopic (exact) mass is 412 g/mol. The minimum absolute atomic E-state index is 0.799. The van der Waals surface area contributed by atoms with E-state index >= 15 is 0 Å². The summed E-state index contributed by atoms with van der Waals surface area (Å²) in [5, 5.41) is 15.2. The number of benzene rings is 1. The molecule has 138 valence electrons. The summed E-state index contributed by atoms with van der Waals surface area (Å²) in [4.78, 5) is 6.07. The van der Waals surface area contributed by atoms with Crippen molar-refractivity contribution in [1.29, 1.82) is 0 Å². The molecule has 0 bridgehead atoms. The van der Waals surface area contributed by atoms with Crippen LogP contribution in [-0.4, -0.2) is 19.7 Å². The number of thiophene rings is 1. The molecule has 1 aromatic carbocycles. The SMILES string of the molecule is CCCn1c(SCc2csc(-c3ccccc3)n2)nnc1-c1csc(C)c1. The van der Waals surface area contributed by atoms with Gasteiger partial charge >= 0.3 is 0 Å². The standard InChI is InChI=1S/C20H20N4S3/c1-3-9-24-18(16-10-14(2)25-11-16)22-23-20(24)27-13-17-12-26-19(21-17)15-7-5-4-6-8-15/h4-8,10-12H,3,9,13H2,1-2H3. The van der Waals surface area contributed by atoms with E-state index in [1.807, 2.05) is 18.2 Å². The molecule has 0 atom stereocenters. The van der Waals surface area contributed by atoms with Crippen molar-refractivity contribution < 1.29 is 0 Å². The van der Waals surface area contributed by atoms with Gasteiger partial charge in [0.15, 0.2) is 11.0 Å². The summed E-state index contributed by atoms with van der Waals surface area (Å²) in [7, 11) is 0. The van der Waals surface area contributed by atoms with Gasteiger partial charge in [0.25, 0.3) is 0 Å². The number of thioether (sulfide) groups is 1. The molecule has 0 N–H and O–H groups in total. The molecular weight excluding hydrogens is 392 g/mol. The largest absolute Gasteiger partial charge is 0.302 e. The Morgan fingerprint density at radius 3 is 2.63 bits per heavy atom. The zero-order valence-corrected chi connectivity index (χ0v) is 17.7. The molecule has 4 rings (SSSR count). The van der Waals surface area contributed by atoms with Crippen LogP contribution in [0, 0.1) is 6.92 Å². The lowest BCUT2D eigenvalue weighted by atomic mass is 10.2. The molecule has 0 fully saturated rings. The van der Waals surface area contributed by atoms with E-state index in [9.17, 15) is 0 Å². The summed E-state index contributed by atoms with van der Waals surface area (Å²) in [6.45, 7) is 5.23. The van der Waals surface area contributed by atoms with Crippen LogP contribution in [0.5, 0.6) is 0 Å². The Hall–Kier alpha value is -1.96.